The van der Waals surface area contributed by atoms with E-state index in [1.54, 1.807) is 7.05 Å². The molecule has 1 atom stereocenters. The van der Waals surface area contributed by atoms with Crippen molar-refractivity contribution >= 4 is 45.4 Å². The van der Waals surface area contributed by atoms with Gasteiger partial charge in [0.2, 0.25) is 0 Å². The van der Waals surface area contributed by atoms with E-state index in [1.165, 1.54) is 28.2 Å². The Morgan fingerprint density at radius 1 is 1.32 bits per heavy atom. The van der Waals surface area contributed by atoms with Gasteiger partial charge in [-0.05, 0) is 19.1 Å². The van der Waals surface area contributed by atoms with Crippen LogP contribution in [0.4, 0.5) is 4.79 Å². The summed E-state index contributed by atoms with van der Waals surface area (Å²) in [5.74, 6) is -1.69. The van der Waals surface area contributed by atoms with Crippen LogP contribution in [0.25, 0.3) is 10.2 Å². The number of likely N-dealkylation sites (N-methyl/N-ethyl adjacent to an activating group) is 2. The molecule has 1 aromatic heterocycles. The predicted octanol–water partition coefficient (Wildman–Crippen LogP) is 1.25. The maximum absolute atomic E-state index is 12.4. The van der Waals surface area contributed by atoms with Gasteiger partial charge in [0, 0.05) is 14.1 Å². The summed E-state index contributed by atoms with van der Waals surface area (Å²) >= 11 is 1.50. The molecule has 148 valence electrons. The van der Waals surface area contributed by atoms with Gasteiger partial charge in [-0.25, -0.2) is 9.78 Å². The van der Waals surface area contributed by atoms with Crippen LogP contribution in [0.5, 0.6) is 0 Å². The van der Waals surface area contributed by atoms with Gasteiger partial charge in [-0.2, -0.15) is 0 Å². The van der Waals surface area contributed by atoms with E-state index in [0.717, 1.165) is 20.1 Å². The number of fused-ring (bicyclic) bond motifs is 1. The maximum Gasteiger partial charge on any atom is 0.327 e. The molecule has 0 bridgehead atoms. The van der Waals surface area contributed by atoms with Gasteiger partial charge in [-0.3, -0.25) is 19.3 Å². The predicted molar refractivity (Wildman–Crippen MR) is 102 cm³/mol. The summed E-state index contributed by atoms with van der Waals surface area (Å²) in [6.45, 7) is 0.783. The van der Waals surface area contributed by atoms with Gasteiger partial charge in [0.05, 0.1) is 16.3 Å². The second-order valence-electron chi connectivity index (χ2n) is 6.48. The van der Waals surface area contributed by atoms with Crippen molar-refractivity contribution in [3.05, 3.63) is 29.3 Å². The van der Waals surface area contributed by atoms with Crippen LogP contribution in [-0.2, 0) is 19.1 Å². The lowest BCUT2D eigenvalue weighted by atomic mass is 10.3. The number of nitrogens with zero attached hydrogens (tertiary/aromatic N) is 4. The van der Waals surface area contributed by atoms with Crippen molar-refractivity contribution in [3.8, 4) is 0 Å². The highest BCUT2D eigenvalue weighted by Gasteiger charge is 2.35. The third kappa shape index (κ3) is 3.96. The molecule has 4 amide bonds. The van der Waals surface area contributed by atoms with Gasteiger partial charge < -0.3 is 14.5 Å². The number of hydrogen-bond acceptors (Lipinski definition) is 7. The fraction of sp³-hybridized carbons (Fsp3) is 0.389. The van der Waals surface area contributed by atoms with Crippen LogP contribution < -0.4 is 0 Å². The summed E-state index contributed by atoms with van der Waals surface area (Å²) in [6.07, 6.45) is 0. The third-order valence-corrected chi connectivity index (χ3v) is 5.72. The number of ether oxygens (including phenoxy) is 1. The van der Waals surface area contributed by atoms with E-state index < -0.39 is 37.0 Å². The monoisotopic (exact) mass is 404 g/mol. The number of benzene rings is 1. The van der Waals surface area contributed by atoms with E-state index in [1.807, 2.05) is 31.2 Å². The Labute approximate surface area is 165 Å². The average Bonchev–Trinajstić information content (AvgIpc) is 3.21. The number of amides is 4. The number of rotatable bonds is 6. The van der Waals surface area contributed by atoms with E-state index in [9.17, 15) is 19.2 Å². The molecule has 3 rings (SSSR count). The lowest BCUT2D eigenvalue weighted by Gasteiger charge is -2.23. The topological polar surface area (TPSA) is 100 Å². The first kappa shape index (κ1) is 19.7. The Hall–Kier alpha value is -3.01. The number of urea groups is 1. The molecule has 0 spiro atoms. The van der Waals surface area contributed by atoms with Crippen molar-refractivity contribution in [2.24, 2.45) is 0 Å². The van der Waals surface area contributed by atoms with Crippen molar-refractivity contribution in [2.75, 3.05) is 33.8 Å². The van der Waals surface area contributed by atoms with E-state index in [4.69, 9.17) is 4.74 Å². The maximum atomic E-state index is 12.4. The van der Waals surface area contributed by atoms with Gasteiger partial charge in [-0.15, -0.1) is 11.3 Å². The molecule has 1 aromatic carbocycles. The zero-order valence-electron chi connectivity index (χ0n) is 15.7. The van der Waals surface area contributed by atoms with Crippen LogP contribution in [0.3, 0.4) is 0 Å². The minimum absolute atomic E-state index is 0.0759. The van der Waals surface area contributed by atoms with Gasteiger partial charge in [0.1, 0.15) is 18.1 Å². The summed E-state index contributed by atoms with van der Waals surface area (Å²) in [6, 6.07) is 6.85. The van der Waals surface area contributed by atoms with E-state index in [2.05, 4.69) is 4.98 Å². The molecule has 0 unspecified atom stereocenters. The summed E-state index contributed by atoms with van der Waals surface area (Å²) in [5.41, 5.74) is 0.867. The first-order valence-corrected chi connectivity index (χ1v) is 9.41. The van der Waals surface area contributed by atoms with Gasteiger partial charge >= 0.3 is 12.0 Å². The van der Waals surface area contributed by atoms with E-state index >= 15 is 0 Å². The standard InChI is InChI=1S/C18H20N4O5S/c1-11(17-19-12-6-4-5-7-13(12)28-17)21(3)15(24)10-27-16(25)9-22-14(23)8-20(2)18(22)26/h4-7,11H,8-10H2,1-3H3/t11-/m1/s1. The summed E-state index contributed by atoms with van der Waals surface area (Å²) in [7, 11) is 3.07. The first-order chi connectivity index (χ1) is 13.3. The van der Waals surface area contributed by atoms with Crippen molar-refractivity contribution in [2.45, 2.75) is 13.0 Å². The van der Waals surface area contributed by atoms with E-state index in [-0.39, 0.29) is 12.6 Å². The summed E-state index contributed by atoms with van der Waals surface area (Å²) in [5, 5.41) is 0.777. The number of hydrogen-bond donors (Lipinski definition) is 0. The Kier molecular flexibility index (Phi) is 5.59. The van der Waals surface area contributed by atoms with Crippen molar-refractivity contribution in [1.82, 2.24) is 19.7 Å². The molecule has 28 heavy (non-hydrogen) atoms. The normalized spacial score (nSPS) is 15.2. The number of esters is 1. The van der Waals surface area contributed by atoms with Gasteiger partial charge in [0.15, 0.2) is 6.61 Å². The number of imide groups is 1. The van der Waals surface area contributed by atoms with Crippen molar-refractivity contribution < 1.29 is 23.9 Å². The minimum atomic E-state index is -0.814. The zero-order valence-corrected chi connectivity index (χ0v) is 16.6. The van der Waals surface area contributed by atoms with Crippen molar-refractivity contribution in [3.63, 3.8) is 0 Å². The highest BCUT2D eigenvalue weighted by atomic mass is 32.1. The Morgan fingerprint density at radius 2 is 2.04 bits per heavy atom. The van der Waals surface area contributed by atoms with Crippen LogP contribution in [-0.4, -0.2) is 77.3 Å². The molecule has 10 heteroatoms. The number of thiazole rings is 1. The second-order valence-corrected chi connectivity index (χ2v) is 7.54. The molecule has 1 aliphatic rings. The molecule has 1 saturated heterocycles. The SMILES string of the molecule is C[C@H](c1nc2ccccc2s1)N(C)C(=O)COC(=O)CN1C(=O)CN(C)C1=O. The van der Waals surface area contributed by atoms with Crippen LogP contribution >= 0.6 is 11.3 Å². The van der Waals surface area contributed by atoms with Crippen molar-refractivity contribution in [1.29, 1.82) is 0 Å². The molecular formula is C18H20N4O5S. The van der Waals surface area contributed by atoms with Crippen LogP contribution in [0.1, 0.15) is 18.0 Å². The Morgan fingerprint density at radius 3 is 2.68 bits per heavy atom. The number of para-hydroxylation sites is 1. The minimum Gasteiger partial charge on any atom is -0.454 e. The number of carbonyl (C=O) groups excluding carboxylic acids is 4. The molecule has 0 N–H and O–H groups in total. The smallest absolute Gasteiger partial charge is 0.327 e. The van der Waals surface area contributed by atoms with Crippen LogP contribution in [0, 0.1) is 0 Å². The molecule has 0 aliphatic carbocycles. The molecule has 0 saturated carbocycles. The number of aromatic nitrogens is 1. The van der Waals surface area contributed by atoms with Crippen LogP contribution in [0.15, 0.2) is 24.3 Å². The lowest BCUT2D eigenvalue weighted by Crippen LogP contribution is -2.38. The van der Waals surface area contributed by atoms with Crippen LogP contribution in [0.2, 0.25) is 0 Å². The summed E-state index contributed by atoms with van der Waals surface area (Å²) < 4.78 is 5.98. The fourth-order valence-corrected chi connectivity index (χ4v) is 3.76. The molecule has 0 radical (unpaired) electrons. The molecule has 9 nitrogen and oxygen atoms in total. The molecule has 1 aliphatic heterocycles. The average molecular weight is 404 g/mol. The molecule has 2 heterocycles. The summed E-state index contributed by atoms with van der Waals surface area (Å²) in [4.78, 5) is 55.7. The van der Waals surface area contributed by atoms with E-state index in [0.29, 0.717) is 0 Å². The largest absolute Gasteiger partial charge is 0.454 e. The molecular weight excluding hydrogens is 384 g/mol. The molecule has 1 fully saturated rings. The highest BCUT2D eigenvalue weighted by Crippen LogP contribution is 2.28. The zero-order chi connectivity index (χ0) is 20.4. The van der Waals surface area contributed by atoms with Gasteiger partial charge in [0.25, 0.3) is 11.8 Å². The Bertz CT molecular complexity index is 910. The first-order valence-electron chi connectivity index (χ1n) is 8.60. The lowest BCUT2D eigenvalue weighted by molar-refractivity contribution is -0.153. The fourth-order valence-electron chi connectivity index (χ4n) is 2.69. The number of carbonyl (C=O) groups is 4. The Balaban J connectivity index is 1.54. The molecule has 2 aromatic rings. The second kappa shape index (κ2) is 7.93. The quantitative estimate of drug-likeness (QED) is 0.531. The third-order valence-electron chi connectivity index (χ3n) is 4.52. The van der Waals surface area contributed by atoms with Gasteiger partial charge in [-0.1, -0.05) is 12.1 Å². The highest BCUT2D eigenvalue weighted by molar-refractivity contribution is 7.18.